The molecule has 0 rings (SSSR count). The van der Waals surface area contributed by atoms with Crippen molar-refractivity contribution in [1.82, 2.24) is 0 Å². The van der Waals surface area contributed by atoms with Crippen molar-refractivity contribution in [3.05, 3.63) is 0 Å². The molecular formula is C9H22AlLi. The summed E-state index contributed by atoms with van der Waals surface area (Å²) in [5.74, 6) is 4.36. The Hall–Kier alpha value is 1.13. The van der Waals surface area contributed by atoms with Crippen LogP contribution in [0.2, 0.25) is 16.4 Å². The summed E-state index contributed by atoms with van der Waals surface area (Å²) < 4.78 is 0. The van der Waals surface area contributed by atoms with Crippen LogP contribution in [0, 0.1) is 11.8 Å². The van der Waals surface area contributed by atoms with Crippen molar-refractivity contribution in [2.24, 2.45) is 11.8 Å². The summed E-state index contributed by atoms with van der Waals surface area (Å²) in [5, 5.41) is 3.05. The fourth-order valence-corrected chi connectivity index (χ4v) is 5.12. The molecule has 0 N–H and O–H groups in total. The van der Waals surface area contributed by atoms with E-state index in [9.17, 15) is 0 Å². The van der Waals surface area contributed by atoms with E-state index in [0.717, 1.165) is 11.8 Å². The zero-order chi connectivity index (χ0) is 8.15. The van der Waals surface area contributed by atoms with Gasteiger partial charge in [-0.25, -0.2) is 0 Å². The van der Waals surface area contributed by atoms with E-state index in [4.69, 9.17) is 0 Å². The summed E-state index contributed by atoms with van der Waals surface area (Å²) in [5.41, 5.74) is 0. The zero-order valence-corrected chi connectivity index (χ0v) is 9.30. The van der Waals surface area contributed by atoms with E-state index in [2.05, 4.69) is 33.5 Å². The van der Waals surface area contributed by atoms with Gasteiger partial charge in [0.25, 0.3) is 14.1 Å². The Bertz CT molecular complexity index is 71.6. The Morgan fingerprint density at radius 3 is 1.36 bits per heavy atom. The van der Waals surface area contributed by atoms with Gasteiger partial charge in [-0.1, -0.05) is 50.1 Å². The molecule has 62 valence electrons. The summed E-state index contributed by atoms with van der Waals surface area (Å²) in [7, 11) is 0. The molecule has 0 aromatic carbocycles. The zero-order valence-electron chi connectivity index (χ0n) is 8.15. The average molecular weight is 164 g/mol. The van der Waals surface area contributed by atoms with Crippen molar-refractivity contribution in [3.8, 4) is 0 Å². The summed E-state index contributed by atoms with van der Waals surface area (Å²) in [6, 6.07) is 0. The molecule has 0 radical (unpaired) electrons. The van der Waals surface area contributed by atoms with Crippen LogP contribution >= 0.6 is 0 Å². The maximum atomic E-state index is 2.50. The van der Waals surface area contributed by atoms with E-state index in [1.165, 1.54) is 10.6 Å². The Morgan fingerprint density at radius 2 is 1.18 bits per heavy atom. The van der Waals surface area contributed by atoms with Crippen LogP contribution in [0.3, 0.4) is 0 Å². The first kappa shape index (κ1) is 14.6. The molecule has 0 unspecified atom stereocenters. The van der Waals surface area contributed by atoms with Gasteiger partial charge in [0.15, 0.2) is 0 Å². The van der Waals surface area contributed by atoms with Gasteiger partial charge in [0.05, 0.1) is 0 Å². The minimum absolute atomic E-state index is 0. The van der Waals surface area contributed by atoms with Gasteiger partial charge in [0.1, 0.15) is 0 Å². The van der Waals surface area contributed by atoms with Crippen LogP contribution in [-0.2, 0) is 0 Å². The molecule has 0 aliphatic heterocycles. The predicted molar refractivity (Wildman–Crippen MR) is 58.1 cm³/mol. The van der Waals surface area contributed by atoms with Crippen LogP contribution in [-0.4, -0.2) is 33.0 Å². The molecule has 0 aliphatic carbocycles. The number of hydrogen-bond acceptors (Lipinski definition) is 0. The molecule has 0 saturated carbocycles. The van der Waals surface area contributed by atoms with Crippen LogP contribution in [0.1, 0.15) is 27.7 Å². The van der Waals surface area contributed by atoms with Crippen LogP contribution in [0.5, 0.6) is 0 Å². The Kier molecular flexibility index (Phi) is 10.3. The van der Waals surface area contributed by atoms with Gasteiger partial charge in [0.2, 0.25) is 0 Å². The Labute approximate surface area is 88.7 Å². The molecule has 0 bridgehead atoms. The molecule has 0 aromatic heterocycles. The first-order chi connectivity index (χ1) is 4.52. The van der Waals surface area contributed by atoms with Crippen molar-refractivity contribution in [1.29, 1.82) is 0 Å². The SMILES string of the molecule is CC(C)[CH2][Al]([CH3])[CH2]C(C)C.[LiH]. The standard InChI is InChI=1S/2C4H9.CH3.Al.Li.H/c2*1-4(2)3;;;;/h2*4H,1H2,2-3H3;1H3;;;. The van der Waals surface area contributed by atoms with Gasteiger partial charge in [-0.2, -0.15) is 0 Å². The third-order valence-corrected chi connectivity index (χ3v) is 5.24. The van der Waals surface area contributed by atoms with Gasteiger partial charge in [-0.15, -0.1) is 5.79 Å². The van der Waals surface area contributed by atoms with Crippen LogP contribution in [0.4, 0.5) is 0 Å². The van der Waals surface area contributed by atoms with Crippen LogP contribution in [0.25, 0.3) is 0 Å². The second-order valence-electron chi connectivity index (χ2n) is 4.36. The summed E-state index contributed by atoms with van der Waals surface area (Å²) in [4.78, 5) is 0. The fourth-order valence-electron chi connectivity index (χ4n) is 1.71. The summed E-state index contributed by atoms with van der Waals surface area (Å²) in [6.07, 6.45) is 0. The molecule has 11 heavy (non-hydrogen) atoms. The molecule has 0 aliphatic rings. The summed E-state index contributed by atoms with van der Waals surface area (Å²) in [6.45, 7) is 9.35. The normalized spacial score (nSPS) is 10.1. The van der Waals surface area contributed by atoms with Crippen molar-refractivity contribution < 1.29 is 0 Å². The molecule has 0 fully saturated rings. The third-order valence-electron chi connectivity index (χ3n) is 1.75. The quantitative estimate of drug-likeness (QED) is 0.560. The van der Waals surface area contributed by atoms with Gasteiger partial charge < -0.3 is 0 Å². The van der Waals surface area contributed by atoms with Gasteiger partial charge >= 0.3 is 18.9 Å². The van der Waals surface area contributed by atoms with E-state index < -0.39 is 0 Å². The number of rotatable bonds is 4. The predicted octanol–water partition coefficient (Wildman–Crippen LogP) is 2.77. The third kappa shape index (κ3) is 11.1. The molecule has 0 heterocycles. The topological polar surface area (TPSA) is 0 Å². The molecule has 0 spiro atoms. The summed E-state index contributed by atoms with van der Waals surface area (Å²) >= 11 is -0.318. The van der Waals surface area contributed by atoms with Crippen molar-refractivity contribution in [2.75, 3.05) is 0 Å². The fraction of sp³-hybridized carbons (Fsp3) is 1.00. The second kappa shape index (κ2) is 7.76. The molecule has 0 atom stereocenters. The second-order valence-corrected chi connectivity index (χ2v) is 7.52. The van der Waals surface area contributed by atoms with Crippen LogP contribution in [0.15, 0.2) is 0 Å². The van der Waals surface area contributed by atoms with Gasteiger partial charge in [-0.3, -0.25) is 0 Å². The maximum absolute atomic E-state index is 2.50. The Balaban J connectivity index is 0. The number of hydrogen-bond donors (Lipinski definition) is 0. The molecule has 0 amide bonds. The van der Waals surface area contributed by atoms with E-state index in [1.807, 2.05) is 0 Å². The molecule has 0 aromatic rings. The van der Waals surface area contributed by atoms with Crippen molar-refractivity contribution >= 4 is 33.0 Å². The van der Waals surface area contributed by atoms with Crippen LogP contribution < -0.4 is 0 Å². The Morgan fingerprint density at radius 1 is 0.909 bits per heavy atom. The monoisotopic (exact) mass is 164 g/mol. The minimum atomic E-state index is -0.318. The molecular weight excluding hydrogens is 142 g/mol. The van der Waals surface area contributed by atoms with Crippen molar-refractivity contribution in [2.45, 2.75) is 44.0 Å². The van der Waals surface area contributed by atoms with Gasteiger partial charge in [0, 0.05) is 0 Å². The van der Waals surface area contributed by atoms with E-state index in [-0.39, 0.29) is 33.0 Å². The van der Waals surface area contributed by atoms with E-state index >= 15 is 0 Å². The average Bonchev–Trinajstić information content (AvgIpc) is 1.58. The van der Waals surface area contributed by atoms with E-state index in [1.54, 1.807) is 0 Å². The first-order valence-electron chi connectivity index (χ1n) is 4.52. The first-order valence-corrected chi connectivity index (χ1v) is 7.31. The molecule has 2 heteroatoms. The van der Waals surface area contributed by atoms with E-state index in [0.29, 0.717) is 0 Å². The van der Waals surface area contributed by atoms with Crippen molar-refractivity contribution in [3.63, 3.8) is 0 Å². The molecule has 0 saturated heterocycles. The van der Waals surface area contributed by atoms with Gasteiger partial charge in [-0.05, 0) is 0 Å². The molecule has 0 nitrogen and oxygen atoms in total.